The zero-order valence-corrected chi connectivity index (χ0v) is 20.7. The Morgan fingerprint density at radius 1 is 1.11 bits per heavy atom. The van der Waals surface area contributed by atoms with Crippen LogP contribution in [0.1, 0.15) is 35.4 Å². The third-order valence-electron chi connectivity index (χ3n) is 7.74. The fraction of sp³-hybridized carbons (Fsp3) is 0.296. The van der Waals surface area contributed by atoms with Gasteiger partial charge in [0.05, 0.1) is 10.9 Å². The lowest BCUT2D eigenvalue weighted by molar-refractivity contribution is -0.534. The maximum Gasteiger partial charge on any atom is 0.256 e. The van der Waals surface area contributed by atoms with E-state index in [1.54, 1.807) is 30.3 Å². The first-order valence-electron chi connectivity index (χ1n) is 11.9. The van der Waals surface area contributed by atoms with E-state index in [-0.39, 0.29) is 16.9 Å². The van der Waals surface area contributed by atoms with Crippen molar-refractivity contribution in [3.05, 3.63) is 104 Å². The summed E-state index contributed by atoms with van der Waals surface area (Å²) in [6, 6.07) is 18.7. The van der Waals surface area contributed by atoms with Crippen LogP contribution < -0.4 is 10.1 Å². The van der Waals surface area contributed by atoms with Gasteiger partial charge in [-0.2, -0.15) is 0 Å². The summed E-state index contributed by atoms with van der Waals surface area (Å²) in [5.74, 6) is -0.330. The number of hydrogen-bond acceptors (Lipinski definition) is 5. The first-order chi connectivity index (χ1) is 17.4. The zero-order valence-electron chi connectivity index (χ0n) is 19.2. The minimum atomic E-state index is -1.35. The Morgan fingerprint density at radius 3 is 2.64 bits per heavy atom. The highest BCUT2D eigenvalue weighted by Gasteiger charge is 2.73. The van der Waals surface area contributed by atoms with Gasteiger partial charge in [0.15, 0.2) is 5.54 Å². The molecule has 4 atom stereocenters. The number of amides is 1. The van der Waals surface area contributed by atoms with E-state index in [0.717, 1.165) is 24.0 Å². The number of carbonyl (C=O) groups excluding carboxylic acids is 1. The lowest BCUT2D eigenvalue weighted by Crippen LogP contribution is -2.55. The van der Waals surface area contributed by atoms with Crippen molar-refractivity contribution in [1.82, 2.24) is 4.90 Å². The molecule has 3 aliphatic heterocycles. The molecular weight excluding hydrogens is 501 g/mol. The van der Waals surface area contributed by atoms with E-state index in [1.807, 2.05) is 36.4 Å². The molecule has 2 fully saturated rings. The second-order valence-corrected chi connectivity index (χ2v) is 10.4. The predicted octanol–water partition coefficient (Wildman–Crippen LogP) is 5.63. The minimum Gasteiger partial charge on any atom is -0.487 e. The summed E-state index contributed by atoms with van der Waals surface area (Å²) in [6.45, 7) is 0.941. The van der Waals surface area contributed by atoms with Crippen LogP contribution in [0.15, 0.2) is 66.7 Å². The summed E-state index contributed by atoms with van der Waals surface area (Å²) in [4.78, 5) is 28.0. The van der Waals surface area contributed by atoms with Crippen LogP contribution >= 0.6 is 23.2 Å². The molecule has 1 amide bonds. The number of anilines is 1. The molecule has 184 valence electrons. The van der Waals surface area contributed by atoms with E-state index >= 15 is 0 Å². The third kappa shape index (κ3) is 3.41. The monoisotopic (exact) mass is 523 g/mol. The van der Waals surface area contributed by atoms with Crippen LogP contribution in [0.25, 0.3) is 0 Å². The topological polar surface area (TPSA) is 84.7 Å². The fourth-order valence-electron chi connectivity index (χ4n) is 6.36. The first kappa shape index (κ1) is 23.3. The minimum absolute atomic E-state index is 0.144. The van der Waals surface area contributed by atoms with Gasteiger partial charge in [0.25, 0.3) is 11.9 Å². The number of ether oxygens (including phenoxy) is 1. The number of halogens is 2. The van der Waals surface area contributed by atoms with Crippen LogP contribution in [0.3, 0.4) is 0 Å². The molecule has 0 saturated carbocycles. The Balaban J connectivity index is 1.37. The first-order valence-corrected chi connectivity index (χ1v) is 12.6. The molecular formula is C27H23Cl2N3O4. The quantitative estimate of drug-likeness (QED) is 0.346. The summed E-state index contributed by atoms with van der Waals surface area (Å²) in [7, 11) is 0. The van der Waals surface area contributed by atoms with Crippen LogP contribution in [0, 0.1) is 10.1 Å². The molecule has 36 heavy (non-hydrogen) atoms. The maximum atomic E-state index is 13.5. The van der Waals surface area contributed by atoms with Crippen molar-refractivity contribution < 1.29 is 14.5 Å². The molecule has 3 heterocycles. The van der Waals surface area contributed by atoms with Gasteiger partial charge in [-0.15, -0.1) is 0 Å². The SMILES string of the molecule is O=C1Nc2ccccc2[C@]12[C@H]([N+](=O)[O-])[C@@H](c1ccc(OCc3ccc(Cl)cc3)c(Cl)c1)[C@@H]1CCCN12. The molecule has 1 spiro atoms. The van der Waals surface area contributed by atoms with Gasteiger partial charge in [0.1, 0.15) is 12.4 Å². The highest BCUT2D eigenvalue weighted by Crippen LogP contribution is 2.58. The Morgan fingerprint density at radius 2 is 1.89 bits per heavy atom. The molecule has 3 aromatic rings. The van der Waals surface area contributed by atoms with Crippen molar-refractivity contribution in [3.8, 4) is 5.75 Å². The van der Waals surface area contributed by atoms with E-state index in [1.165, 1.54) is 0 Å². The van der Waals surface area contributed by atoms with Crippen LogP contribution in [-0.2, 0) is 16.9 Å². The molecule has 0 aromatic heterocycles. The van der Waals surface area contributed by atoms with Gasteiger partial charge in [-0.25, -0.2) is 0 Å². The van der Waals surface area contributed by atoms with Crippen LogP contribution in [-0.4, -0.2) is 34.4 Å². The maximum absolute atomic E-state index is 13.5. The number of nitrogens with zero attached hydrogens (tertiary/aromatic N) is 2. The van der Waals surface area contributed by atoms with Crippen molar-refractivity contribution in [2.24, 2.45) is 0 Å². The molecule has 0 aliphatic carbocycles. The molecule has 0 unspecified atom stereocenters. The third-order valence-corrected chi connectivity index (χ3v) is 8.29. The Kier molecular flexibility index (Phi) is 5.67. The van der Waals surface area contributed by atoms with Crippen molar-refractivity contribution in [2.45, 2.75) is 43.0 Å². The number of hydrogen-bond donors (Lipinski definition) is 1. The lowest BCUT2D eigenvalue weighted by Gasteiger charge is -2.32. The normalized spacial score (nSPS) is 26.6. The van der Waals surface area contributed by atoms with Gasteiger partial charge >= 0.3 is 0 Å². The van der Waals surface area contributed by atoms with E-state index in [0.29, 0.717) is 40.2 Å². The van der Waals surface area contributed by atoms with E-state index < -0.39 is 17.5 Å². The van der Waals surface area contributed by atoms with E-state index in [4.69, 9.17) is 27.9 Å². The van der Waals surface area contributed by atoms with Crippen molar-refractivity contribution >= 4 is 34.8 Å². The zero-order chi connectivity index (χ0) is 25.0. The number of benzene rings is 3. The average molecular weight is 524 g/mol. The number of rotatable bonds is 5. The van der Waals surface area contributed by atoms with Crippen molar-refractivity contribution in [1.29, 1.82) is 0 Å². The second kappa shape index (κ2) is 8.76. The molecule has 0 bridgehead atoms. The molecule has 1 N–H and O–H groups in total. The van der Waals surface area contributed by atoms with Crippen LogP contribution in [0.2, 0.25) is 10.0 Å². The number of nitro groups is 1. The van der Waals surface area contributed by atoms with Gasteiger partial charge in [-0.3, -0.25) is 19.8 Å². The number of fused-ring (bicyclic) bond motifs is 4. The van der Waals surface area contributed by atoms with Gasteiger partial charge in [0, 0.05) is 33.8 Å². The van der Waals surface area contributed by atoms with Crippen molar-refractivity contribution in [3.63, 3.8) is 0 Å². The van der Waals surface area contributed by atoms with Crippen LogP contribution in [0.5, 0.6) is 5.75 Å². The molecule has 0 radical (unpaired) electrons. The molecule has 6 rings (SSSR count). The van der Waals surface area contributed by atoms with Gasteiger partial charge in [-0.05, 0) is 54.3 Å². The summed E-state index contributed by atoms with van der Waals surface area (Å²) in [5.41, 5.74) is 1.66. The lowest BCUT2D eigenvalue weighted by atomic mass is 9.77. The highest BCUT2D eigenvalue weighted by atomic mass is 35.5. The summed E-state index contributed by atoms with van der Waals surface area (Å²) >= 11 is 12.6. The van der Waals surface area contributed by atoms with Crippen molar-refractivity contribution in [2.75, 3.05) is 11.9 Å². The second-order valence-electron chi connectivity index (χ2n) is 9.53. The number of para-hydroxylation sites is 1. The average Bonchev–Trinajstić information content (AvgIpc) is 3.52. The van der Waals surface area contributed by atoms with Gasteiger partial charge < -0.3 is 10.1 Å². The Labute approximate surface area is 218 Å². The largest absolute Gasteiger partial charge is 0.487 e. The van der Waals surface area contributed by atoms with Gasteiger partial charge in [0.2, 0.25) is 0 Å². The molecule has 3 aromatic carbocycles. The Bertz CT molecular complexity index is 1370. The predicted molar refractivity (Wildman–Crippen MR) is 137 cm³/mol. The number of carbonyl (C=O) groups is 1. The van der Waals surface area contributed by atoms with E-state index in [9.17, 15) is 14.9 Å². The molecule has 2 saturated heterocycles. The van der Waals surface area contributed by atoms with Crippen LogP contribution in [0.4, 0.5) is 5.69 Å². The highest BCUT2D eigenvalue weighted by molar-refractivity contribution is 6.32. The number of nitrogens with one attached hydrogen (secondary N) is 1. The van der Waals surface area contributed by atoms with Gasteiger partial charge in [-0.1, -0.05) is 59.6 Å². The summed E-state index contributed by atoms with van der Waals surface area (Å²) in [6.07, 6.45) is 1.65. The smallest absolute Gasteiger partial charge is 0.256 e. The standard InChI is InChI=1S/C27H23Cl2N3O4/c28-18-10-7-16(8-11-18)15-36-23-12-9-17(14-20(23)29)24-22-6-3-13-31(22)27(25(24)32(34)35)19-4-1-2-5-21(19)30-26(27)33/h1-2,4-5,7-12,14,22,24-25H,3,6,13,15H2,(H,30,33)/t22-,24-,25+,27-/m0/s1. The molecule has 7 nitrogen and oxygen atoms in total. The Hall–Kier alpha value is -3.13. The fourth-order valence-corrected chi connectivity index (χ4v) is 6.73. The summed E-state index contributed by atoms with van der Waals surface area (Å²) < 4.78 is 5.91. The summed E-state index contributed by atoms with van der Waals surface area (Å²) in [5, 5.41) is 16.6. The van der Waals surface area contributed by atoms with E-state index in [2.05, 4.69) is 10.2 Å². The molecule has 9 heteroatoms. The molecule has 3 aliphatic rings.